The average molecular weight is 404 g/mol. The first kappa shape index (κ1) is 19.9. The molecule has 0 spiro atoms. The van der Waals surface area contributed by atoms with Crippen molar-refractivity contribution in [2.75, 3.05) is 20.2 Å². The van der Waals surface area contributed by atoms with Gasteiger partial charge in [0.05, 0.1) is 17.2 Å². The fraction of sp³-hybridized carbons (Fsp3) is 0.318. The predicted octanol–water partition coefficient (Wildman–Crippen LogP) is 5.88. The number of rotatable bonds is 6. The maximum Gasteiger partial charge on any atom is 0.185 e. The molecule has 2 aromatic carbocycles. The molecule has 3 rings (SSSR count). The monoisotopic (exact) mass is 403 g/mol. The van der Waals surface area contributed by atoms with Crippen molar-refractivity contribution >= 4 is 35.1 Å². The molecule has 0 atom stereocenters. The maximum absolute atomic E-state index is 12.6. The minimum atomic E-state index is -0.0754. The third kappa shape index (κ3) is 5.13. The lowest BCUT2D eigenvalue weighted by Crippen LogP contribution is -2.29. The standard InChI is InChI=1S/C22H23Cl2NO2/c1-27-21-11-9-17(14-18(21)15-25-12-3-2-4-13-25)20(26)10-8-16-6-5-7-19(23)22(16)24/h5-11,14H,2-4,12-13,15H2,1H3. The minimum Gasteiger partial charge on any atom is -0.496 e. The summed E-state index contributed by atoms with van der Waals surface area (Å²) in [4.78, 5) is 15.1. The maximum atomic E-state index is 12.6. The minimum absolute atomic E-state index is 0.0754. The van der Waals surface area contributed by atoms with E-state index in [1.807, 2.05) is 24.3 Å². The van der Waals surface area contributed by atoms with Crippen molar-refractivity contribution in [3.8, 4) is 5.75 Å². The third-order valence-electron chi connectivity index (χ3n) is 4.80. The van der Waals surface area contributed by atoms with E-state index in [-0.39, 0.29) is 5.78 Å². The molecule has 0 aromatic heterocycles. The molecule has 1 aliphatic heterocycles. The fourth-order valence-electron chi connectivity index (χ4n) is 3.32. The largest absolute Gasteiger partial charge is 0.496 e. The van der Waals surface area contributed by atoms with E-state index >= 15 is 0 Å². The van der Waals surface area contributed by atoms with Crippen LogP contribution in [-0.2, 0) is 6.54 Å². The number of likely N-dealkylation sites (tertiary alicyclic amines) is 1. The number of carbonyl (C=O) groups excluding carboxylic acids is 1. The van der Waals surface area contributed by atoms with Crippen molar-refractivity contribution in [1.29, 1.82) is 0 Å². The topological polar surface area (TPSA) is 29.5 Å². The Kier molecular flexibility index (Phi) is 6.95. The molecule has 1 aliphatic rings. The van der Waals surface area contributed by atoms with Gasteiger partial charge in [-0.05, 0) is 67.9 Å². The number of methoxy groups -OCH3 is 1. The summed E-state index contributed by atoms with van der Waals surface area (Å²) in [6, 6.07) is 11.0. The molecule has 0 bridgehead atoms. The molecule has 0 aliphatic carbocycles. The molecule has 2 aromatic rings. The summed E-state index contributed by atoms with van der Waals surface area (Å²) in [7, 11) is 1.66. The van der Waals surface area contributed by atoms with Crippen molar-refractivity contribution in [1.82, 2.24) is 4.90 Å². The number of benzene rings is 2. The molecule has 1 fully saturated rings. The molecule has 0 radical (unpaired) electrons. The molecule has 1 saturated heterocycles. The Hall–Kier alpha value is -1.81. The van der Waals surface area contributed by atoms with Gasteiger partial charge in [0, 0.05) is 17.7 Å². The van der Waals surface area contributed by atoms with Crippen LogP contribution in [0.3, 0.4) is 0 Å². The number of ether oxygens (including phenoxy) is 1. The Morgan fingerprint density at radius 3 is 2.67 bits per heavy atom. The van der Waals surface area contributed by atoms with Crippen LogP contribution in [0.25, 0.3) is 6.08 Å². The molecular formula is C22H23Cl2NO2. The number of hydrogen-bond donors (Lipinski definition) is 0. The summed E-state index contributed by atoms with van der Waals surface area (Å²) in [6.07, 6.45) is 6.98. The number of allylic oxidation sites excluding steroid dienone is 1. The highest BCUT2D eigenvalue weighted by atomic mass is 35.5. The molecule has 0 N–H and O–H groups in total. The molecule has 27 heavy (non-hydrogen) atoms. The van der Waals surface area contributed by atoms with Crippen molar-refractivity contribution in [2.24, 2.45) is 0 Å². The van der Waals surface area contributed by atoms with Gasteiger partial charge in [0.1, 0.15) is 5.75 Å². The van der Waals surface area contributed by atoms with Gasteiger partial charge in [-0.1, -0.05) is 41.8 Å². The van der Waals surface area contributed by atoms with Crippen LogP contribution >= 0.6 is 23.2 Å². The van der Waals surface area contributed by atoms with Crippen LogP contribution in [0.5, 0.6) is 5.75 Å². The van der Waals surface area contributed by atoms with E-state index in [1.54, 1.807) is 25.3 Å². The van der Waals surface area contributed by atoms with Gasteiger partial charge in [-0.3, -0.25) is 9.69 Å². The lowest BCUT2D eigenvalue weighted by atomic mass is 10.0. The van der Waals surface area contributed by atoms with Crippen LogP contribution in [0.15, 0.2) is 42.5 Å². The molecule has 0 unspecified atom stereocenters. The van der Waals surface area contributed by atoms with E-state index in [1.165, 1.54) is 25.3 Å². The Bertz CT molecular complexity index is 842. The number of piperidine rings is 1. The second-order valence-electron chi connectivity index (χ2n) is 6.70. The average Bonchev–Trinajstić information content (AvgIpc) is 2.69. The van der Waals surface area contributed by atoms with Gasteiger partial charge in [0.2, 0.25) is 0 Å². The van der Waals surface area contributed by atoms with E-state index in [2.05, 4.69) is 4.90 Å². The zero-order valence-corrected chi connectivity index (χ0v) is 16.9. The Labute approximate surface area is 170 Å². The first-order valence-corrected chi connectivity index (χ1v) is 9.90. The molecule has 0 amide bonds. The molecule has 142 valence electrons. The summed E-state index contributed by atoms with van der Waals surface area (Å²) in [5.74, 6) is 0.743. The van der Waals surface area contributed by atoms with Gasteiger partial charge >= 0.3 is 0 Å². The number of nitrogens with zero attached hydrogens (tertiary/aromatic N) is 1. The molecule has 3 nitrogen and oxygen atoms in total. The second kappa shape index (κ2) is 9.41. The molecule has 0 saturated carbocycles. The highest BCUT2D eigenvalue weighted by Gasteiger charge is 2.15. The van der Waals surface area contributed by atoms with Gasteiger partial charge in [-0.2, -0.15) is 0 Å². The van der Waals surface area contributed by atoms with Crippen molar-refractivity contribution in [3.05, 3.63) is 69.2 Å². The van der Waals surface area contributed by atoms with Crippen LogP contribution in [0.2, 0.25) is 10.0 Å². The van der Waals surface area contributed by atoms with Crippen LogP contribution in [-0.4, -0.2) is 30.9 Å². The Morgan fingerprint density at radius 1 is 1.15 bits per heavy atom. The smallest absolute Gasteiger partial charge is 0.185 e. The lowest BCUT2D eigenvalue weighted by molar-refractivity contribution is 0.104. The van der Waals surface area contributed by atoms with Gasteiger partial charge in [-0.25, -0.2) is 0 Å². The van der Waals surface area contributed by atoms with Gasteiger partial charge < -0.3 is 4.74 Å². The van der Waals surface area contributed by atoms with Crippen LogP contribution in [0.4, 0.5) is 0 Å². The van der Waals surface area contributed by atoms with E-state index in [0.717, 1.165) is 36.5 Å². The van der Waals surface area contributed by atoms with Crippen LogP contribution in [0.1, 0.15) is 40.7 Å². The van der Waals surface area contributed by atoms with Crippen molar-refractivity contribution in [2.45, 2.75) is 25.8 Å². The summed E-state index contributed by atoms with van der Waals surface area (Å²) in [5.41, 5.74) is 2.40. The highest BCUT2D eigenvalue weighted by molar-refractivity contribution is 6.42. The van der Waals surface area contributed by atoms with Gasteiger partial charge in [0.15, 0.2) is 5.78 Å². The first-order valence-electron chi connectivity index (χ1n) is 9.14. The quantitative estimate of drug-likeness (QED) is 0.445. The highest BCUT2D eigenvalue weighted by Crippen LogP contribution is 2.27. The SMILES string of the molecule is COc1ccc(C(=O)C=Cc2cccc(Cl)c2Cl)cc1CN1CCCCC1. The van der Waals surface area contributed by atoms with E-state index < -0.39 is 0 Å². The number of carbonyl (C=O) groups is 1. The fourth-order valence-corrected chi connectivity index (χ4v) is 3.70. The number of ketones is 1. The van der Waals surface area contributed by atoms with Crippen LogP contribution < -0.4 is 4.74 Å². The van der Waals surface area contributed by atoms with Crippen LogP contribution in [0, 0.1) is 0 Å². The Morgan fingerprint density at radius 2 is 1.93 bits per heavy atom. The first-order chi connectivity index (χ1) is 13.1. The Balaban J connectivity index is 1.79. The summed E-state index contributed by atoms with van der Waals surface area (Å²) < 4.78 is 5.49. The normalized spacial score (nSPS) is 15.2. The third-order valence-corrected chi connectivity index (χ3v) is 5.64. The molecule has 5 heteroatoms. The zero-order chi connectivity index (χ0) is 19.2. The predicted molar refractivity (Wildman–Crippen MR) is 112 cm³/mol. The zero-order valence-electron chi connectivity index (χ0n) is 15.4. The van der Waals surface area contributed by atoms with Crippen molar-refractivity contribution in [3.63, 3.8) is 0 Å². The summed E-state index contributed by atoms with van der Waals surface area (Å²) in [6.45, 7) is 2.98. The van der Waals surface area contributed by atoms with Crippen molar-refractivity contribution < 1.29 is 9.53 Å². The summed E-state index contributed by atoms with van der Waals surface area (Å²) >= 11 is 12.2. The number of halogens is 2. The van der Waals surface area contributed by atoms with E-state index in [0.29, 0.717) is 15.6 Å². The van der Waals surface area contributed by atoms with E-state index in [9.17, 15) is 4.79 Å². The molecular weight excluding hydrogens is 381 g/mol. The van der Waals surface area contributed by atoms with Gasteiger partial charge in [-0.15, -0.1) is 0 Å². The van der Waals surface area contributed by atoms with Gasteiger partial charge in [0.25, 0.3) is 0 Å². The molecule has 1 heterocycles. The summed E-state index contributed by atoms with van der Waals surface area (Å²) in [5, 5.41) is 0.920. The number of hydrogen-bond acceptors (Lipinski definition) is 3. The van der Waals surface area contributed by atoms with E-state index in [4.69, 9.17) is 27.9 Å². The second-order valence-corrected chi connectivity index (χ2v) is 7.49. The lowest BCUT2D eigenvalue weighted by Gasteiger charge is -2.27.